The number of hydrogen-bond donors (Lipinski definition) is 1. The van der Waals surface area contributed by atoms with E-state index in [0.29, 0.717) is 0 Å². The van der Waals surface area contributed by atoms with Crippen molar-refractivity contribution in [3.63, 3.8) is 0 Å². The monoisotopic (exact) mass is 137 g/mol. The molecule has 0 atom stereocenters. The zero-order valence-corrected chi connectivity index (χ0v) is 6.47. The number of nitrogens with zero attached hydrogens (tertiary/aromatic N) is 2. The maximum absolute atomic E-state index is 3.94. The van der Waals surface area contributed by atoms with Gasteiger partial charge < -0.3 is 5.32 Å². The molecular weight excluding hydrogens is 126 g/mol. The molecule has 1 N–H and O–H groups in total. The highest BCUT2D eigenvalue weighted by Crippen LogP contribution is 2.05. The topological polar surface area (TPSA) is 37.8 Å². The molecule has 0 amide bonds. The lowest BCUT2D eigenvalue weighted by molar-refractivity contribution is 0.964. The maximum atomic E-state index is 3.94. The molecule has 0 saturated heterocycles. The summed E-state index contributed by atoms with van der Waals surface area (Å²) < 4.78 is 0. The van der Waals surface area contributed by atoms with Gasteiger partial charge in [-0.2, -0.15) is 5.10 Å². The molecule has 10 heavy (non-hydrogen) atoms. The molecule has 0 aliphatic carbocycles. The summed E-state index contributed by atoms with van der Waals surface area (Å²) in [6, 6.07) is 1.97. The van der Waals surface area contributed by atoms with Crippen molar-refractivity contribution in [2.75, 3.05) is 12.4 Å². The standard InChI is InChI=1S/C7H11N3/c1-5-4-7(8-3)10-9-6(5)2/h4H,1-3H3,(H,8,10). The Bertz CT molecular complexity index is 232. The van der Waals surface area contributed by atoms with Crippen LogP contribution in [-0.4, -0.2) is 17.2 Å². The maximum Gasteiger partial charge on any atom is 0.148 e. The summed E-state index contributed by atoms with van der Waals surface area (Å²) in [5.41, 5.74) is 2.15. The van der Waals surface area contributed by atoms with Crippen molar-refractivity contribution in [1.29, 1.82) is 0 Å². The highest BCUT2D eigenvalue weighted by molar-refractivity contribution is 5.36. The van der Waals surface area contributed by atoms with Crippen LogP contribution in [0.25, 0.3) is 0 Å². The Morgan fingerprint density at radius 3 is 2.50 bits per heavy atom. The Morgan fingerprint density at radius 1 is 1.30 bits per heavy atom. The van der Waals surface area contributed by atoms with Crippen molar-refractivity contribution < 1.29 is 0 Å². The van der Waals surface area contributed by atoms with Crippen molar-refractivity contribution in [3.8, 4) is 0 Å². The normalized spacial score (nSPS) is 9.50. The number of hydrogen-bond acceptors (Lipinski definition) is 3. The number of aromatic nitrogens is 2. The minimum Gasteiger partial charge on any atom is -0.372 e. The number of aryl methyl sites for hydroxylation is 2. The van der Waals surface area contributed by atoms with E-state index in [9.17, 15) is 0 Å². The summed E-state index contributed by atoms with van der Waals surface area (Å²) in [6.45, 7) is 3.96. The van der Waals surface area contributed by atoms with Crippen molar-refractivity contribution in [1.82, 2.24) is 10.2 Å². The second-order valence-electron chi connectivity index (χ2n) is 2.25. The van der Waals surface area contributed by atoms with Crippen LogP contribution in [0.1, 0.15) is 11.3 Å². The fourth-order valence-electron chi connectivity index (χ4n) is 0.668. The lowest BCUT2D eigenvalue weighted by Crippen LogP contribution is -1.97. The molecule has 3 heteroatoms. The first-order chi connectivity index (χ1) is 4.74. The van der Waals surface area contributed by atoms with Gasteiger partial charge in [0.2, 0.25) is 0 Å². The molecule has 0 radical (unpaired) electrons. The van der Waals surface area contributed by atoms with Gasteiger partial charge in [0, 0.05) is 7.05 Å². The van der Waals surface area contributed by atoms with Crippen molar-refractivity contribution in [3.05, 3.63) is 17.3 Å². The van der Waals surface area contributed by atoms with Crippen LogP contribution in [0.4, 0.5) is 5.82 Å². The van der Waals surface area contributed by atoms with Crippen molar-refractivity contribution >= 4 is 5.82 Å². The molecule has 0 aliphatic heterocycles. The Labute approximate surface area is 60.5 Å². The third-order valence-electron chi connectivity index (χ3n) is 1.49. The first-order valence-electron chi connectivity index (χ1n) is 3.22. The molecular formula is C7H11N3. The fourth-order valence-corrected chi connectivity index (χ4v) is 0.668. The van der Waals surface area contributed by atoms with Gasteiger partial charge in [0.1, 0.15) is 5.82 Å². The molecule has 3 nitrogen and oxygen atoms in total. The Balaban J connectivity index is 3.04. The Hall–Kier alpha value is -1.12. The SMILES string of the molecule is CNc1cc(C)c(C)nn1. The molecule has 0 fully saturated rings. The third kappa shape index (κ3) is 1.23. The molecule has 0 saturated carbocycles. The van der Waals surface area contributed by atoms with Gasteiger partial charge in [-0.1, -0.05) is 0 Å². The van der Waals surface area contributed by atoms with E-state index in [0.717, 1.165) is 11.5 Å². The van der Waals surface area contributed by atoms with E-state index in [4.69, 9.17) is 0 Å². The van der Waals surface area contributed by atoms with E-state index in [1.54, 1.807) is 0 Å². The zero-order valence-electron chi connectivity index (χ0n) is 6.47. The number of anilines is 1. The summed E-state index contributed by atoms with van der Waals surface area (Å²) in [5, 5.41) is 10.8. The highest BCUT2D eigenvalue weighted by Gasteiger charge is 1.94. The molecule has 1 aromatic rings. The van der Waals surface area contributed by atoms with Crippen LogP contribution >= 0.6 is 0 Å². The molecule has 0 aliphatic rings. The van der Waals surface area contributed by atoms with Crippen LogP contribution in [0, 0.1) is 13.8 Å². The molecule has 1 heterocycles. The minimum absolute atomic E-state index is 0.822. The average molecular weight is 137 g/mol. The first-order valence-corrected chi connectivity index (χ1v) is 3.22. The van der Waals surface area contributed by atoms with Crippen molar-refractivity contribution in [2.45, 2.75) is 13.8 Å². The van der Waals surface area contributed by atoms with E-state index >= 15 is 0 Å². The molecule has 1 aromatic heterocycles. The minimum atomic E-state index is 0.822. The van der Waals surface area contributed by atoms with Gasteiger partial charge >= 0.3 is 0 Å². The quantitative estimate of drug-likeness (QED) is 0.630. The van der Waals surface area contributed by atoms with Gasteiger partial charge in [0.05, 0.1) is 5.69 Å². The second kappa shape index (κ2) is 2.64. The molecule has 0 unspecified atom stereocenters. The molecule has 0 spiro atoms. The van der Waals surface area contributed by atoms with Crippen molar-refractivity contribution in [2.24, 2.45) is 0 Å². The molecule has 0 bridgehead atoms. The summed E-state index contributed by atoms with van der Waals surface area (Å²) in [5.74, 6) is 0.822. The largest absolute Gasteiger partial charge is 0.372 e. The molecule has 1 rings (SSSR count). The van der Waals surface area contributed by atoms with Gasteiger partial charge in [-0.15, -0.1) is 5.10 Å². The first kappa shape index (κ1) is 6.99. The van der Waals surface area contributed by atoms with E-state index < -0.39 is 0 Å². The van der Waals surface area contributed by atoms with Crippen LogP contribution in [0.15, 0.2) is 6.07 Å². The summed E-state index contributed by atoms with van der Waals surface area (Å²) >= 11 is 0. The van der Waals surface area contributed by atoms with Crippen LogP contribution in [0.3, 0.4) is 0 Å². The average Bonchev–Trinajstić information content (AvgIpc) is 1.95. The van der Waals surface area contributed by atoms with Gasteiger partial charge in [0.15, 0.2) is 0 Å². The summed E-state index contributed by atoms with van der Waals surface area (Å²) in [4.78, 5) is 0. The van der Waals surface area contributed by atoms with Crippen LogP contribution in [0.5, 0.6) is 0 Å². The van der Waals surface area contributed by atoms with Gasteiger partial charge in [0.25, 0.3) is 0 Å². The van der Waals surface area contributed by atoms with Gasteiger partial charge in [-0.3, -0.25) is 0 Å². The number of rotatable bonds is 1. The molecule has 0 aromatic carbocycles. The van der Waals surface area contributed by atoms with E-state index in [1.807, 2.05) is 27.0 Å². The summed E-state index contributed by atoms with van der Waals surface area (Å²) in [7, 11) is 1.83. The van der Waals surface area contributed by atoms with E-state index in [1.165, 1.54) is 5.56 Å². The number of nitrogens with one attached hydrogen (secondary N) is 1. The predicted molar refractivity (Wildman–Crippen MR) is 41.1 cm³/mol. The van der Waals surface area contributed by atoms with Crippen LogP contribution in [0.2, 0.25) is 0 Å². The highest BCUT2D eigenvalue weighted by atomic mass is 15.2. The lowest BCUT2D eigenvalue weighted by Gasteiger charge is -2.00. The Morgan fingerprint density at radius 2 is 2.00 bits per heavy atom. The second-order valence-corrected chi connectivity index (χ2v) is 2.25. The lowest BCUT2D eigenvalue weighted by atomic mass is 10.2. The molecule has 54 valence electrons. The third-order valence-corrected chi connectivity index (χ3v) is 1.49. The van der Waals surface area contributed by atoms with Gasteiger partial charge in [-0.25, -0.2) is 0 Å². The van der Waals surface area contributed by atoms with Crippen LogP contribution < -0.4 is 5.32 Å². The predicted octanol–water partition coefficient (Wildman–Crippen LogP) is 1.14. The van der Waals surface area contributed by atoms with Gasteiger partial charge in [-0.05, 0) is 25.5 Å². The summed E-state index contributed by atoms with van der Waals surface area (Å²) in [6.07, 6.45) is 0. The van der Waals surface area contributed by atoms with Crippen LogP contribution in [-0.2, 0) is 0 Å². The Kier molecular flexibility index (Phi) is 1.85. The van der Waals surface area contributed by atoms with E-state index in [-0.39, 0.29) is 0 Å². The zero-order chi connectivity index (χ0) is 7.56. The fraction of sp³-hybridized carbons (Fsp3) is 0.429. The van der Waals surface area contributed by atoms with E-state index in [2.05, 4.69) is 15.5 Å². The smallest absolute Gasteiger partial charge is 0.148 e.